The van der Waals surface area contributed by atoms with E-state index in [0.29, 0.717) is 145 Å². The lowest BCUT2D eigenvalue weighted by Crippen LogP contribution is -2.15. The van der Waals surface area contributed by atoms with Gasteiger partial charge < -0.3 is 61.9 Å². The number of carbonyl (C=O) groups is 2. The van der Waals surface area contributed by atoms with E-state index in [-0.39, 0.29) is 32.0 Å². The van der Waals surface area contributed by atoms with E-state index in [1.807, 2.05) is 0 Å². The number of carboxylic acids is 1. The monoisotopic (exact) mass is 656 g/mol. The summed E-state index contributed by atoms with van der Waals surface area (Å²) in [6.07, 6.45) is 2.62. The van der Waals surface area contributed by atoms with Crippen LogP contribution >= 0.6 is 0 Å². The molecule has 1 N–H and O–H groups in total. The van der Waals surface area contributed by atoms with Crippen molar-refractivity contribution in [2.45, 2.75) is 25.7 Å². The molecule has 0 heterocycles. The zero-order chi connectivity index (χ0) is 32.7. The third kappa shape index (κ3) is 40.1. The van der Waals surface area contributed by atoms with Crippen LogP contribution in [0, 0.1) is 0 Å². The number of ether oxygens (including phenoxy) is 12. The summed E-state index contributed by atoms with van der Waals surface area (Å²) in [6.45, 7) is 13.5. The molecule has 0 aliphatic heterocycles. The molecule has 0 saturated heterocycles. The van der Waals surface area contributed by atoms with Gasteiger partial charge in [0, 0.05) is 12.8 Å². The summed E-state index contributed by atoms with van der Waals surface area (Å²) in [5.74, 6) is -1.21. The zero-order valence-electron chi connectivity index (χ0n) is 26.8. The van der Waals surface area contributed by atoms with E-state index in [2.05, 4.69) is 6.58 Å². The molecule has 45 heavy (non-hydrogen) atoms. The molecule has 15 heteroatoms. The molecule has 0 rings (SSSR count). The SMILES string of the molecule is C=COCCOCCOCCOCCOCCOCCOCCOCCOCCOCCOCCOC(=O)CCCCC(=O)O. The molecular formula is C30H56O15. The first-order chi connectivity index (χ1) is 22.2. The molecule has 15 nitrogen and oxygen atoms in total. The fourth-order valence-corrected chi connectivity index (χ4v) is 3.10. The van der Waals surface area contributed by atoms with Crippen LogP contribution in [-0.2, 0) is 66.4 Å². The number of aliphatic carboxylic acids is 1. The lowest BCUT2D eigenvalue weighted by molar-refractivity contribution is -0.146. The highest BCUT2D eigenvalue weighted by Gasteiger charge is 2.04. The van der Waals surface area contributed by atoms with Crippen molar-refractivity contribution in [3.05, 3.63) is 12.8 Å². The number of carboxylic acid groups (broad SMARTS) is 1. The Morgan fingerprint density at radius 2 is 0.689 bits per heavy atom. The molecule has 0 radical (unpaired) electrons. The predicted molar refractivity (Wildman–Crippen MR) is 161 cm³/mol. The summed E-state index contributed by atoms with van der Waals surface area (Å²) in [5.41, 5.74) is 0. The van der Waals surface area contributed by atoms with Crippen molar-refractivity contribution in [2.24, 2.45) is 0 Å². The smallest absolute Gasteiger partial charge is 0.305 e. The maximum absolute atomic E-state index is 11.5. The Balaban J connectivity index is 3.09. The van der Waals surface area contributed by atoms with E-state index in [0.717, 1.165) is 0 Å². The van der Waals surface area contributed by atoms with Crippen LogP contribution in [0.2, 0.25) is 0 Å². The maximum Gasteiger partial charge on any atom is 0.305 e. The lowest BCUT2D eigenvalue weighted by Gasteiger charge is -2.09. The molecule has 0 spiro atoms. The van der Waals surface area contributed by atoms with Gasteiger partial charge >= 0.3 is 11.9 Å². The first-order valence-electron chi connectivity index (χ1n) is 15.5. The summed E-state index contributed by atoms with van der Waals surface area (Å²) in [5, 5.41) is 8.54. The Bertz CT molecular complexity index is 638. The minimum atomic E-state index is -0.863. The molecular weight excluding hydrogens is 600 g/mol. The Morgan fingerprint density at radius 3 is 0.978 bits per heavy atom. The Labute approximate surface area is 267 Å². The van der Waals surface area contributed by atoms with Crippen LogP contribution in [0.25, 0.3) is 0 Å². The third-order valence-electron chi connectivity index (χ3n) is 5.32. The van der Waals surface area contributed by atoms with E-state index < -0.39 is 5.97 Å². The standard InChI is InChI=1S/C30H56O15/c1-2-34-7-8-35-9-10-36-11-12-37-13-14-38-15-16-39-17-18-40-19-20-41-21-22-42-23-24-43-25-26-44-27-28-45-30(33)6-4-3-5-29(31)32/h2H,1,3-28H2,(H,31,32). The van der Waals surface area contributed by atoms with Gasteiger partial charge in [0.2, 0.25) is 0 Å². The minimum Gasteiger partial charge on any atom is -0.499 e. The van der Waals surface area contributed by atoms with Crippen LogP contribution in [-0.4, -0.2) is 162 Å². The predicted octanol–water partition coefficient (Wildman–Crippen LogP) is 1.50. The van der Waals surface area contributed by atoms with Crippen molar-refractivity contribution < 1.29 is 71.5 Å². The van der Waals surface area contributed by atoms with Gasteiger partial charge in [-0.2, -0.15) is 0 Å². The summed E-state index contributed by atoms with van der Waals surface area (Å²) < 4.78 is 64.0. The van der Waals surface area contributed by atoms with Crippen molar-refractivity contribution >= 4 is 11.9 Å². The molecule has 0 aliphatic rings. The molecule has 0 atom stereocenters. The second-order valence-electron chi connectivity index (χ2n) is 8.98. The molecule has 266 valence electrons. The van der Waals surface area contributed by atoms with Gasteiger partial charge in [-0.25, -0.2) is 0 Å². The molecule has 0 saturated carbocycles. The highest BCUT2D eigenvalue weighted by molar-refractivity contribution is 5.69. The molecule has 0 bridgehead atoms. The Morgan fingerprint density at radius 1 is 0.422 bits per heavy atom. The van der Waals surface area contributed by atoms with Crippen molar-refractivity contribution in [2.75, 3.05) is 145 Å². The Hall–Kier alpha value is -1.92. The van der Waals surface area contributed by atoms with Crippen molar-refractivity contribution in [3.8, 4) is 0 Å². The summed E-state index contributed by atoms with van der Waals surface area (Å²) in [4.78, 5) is 21.9. The van der Waals surface area contributed by atoms with Gasteiger partial charge in [0.15, 0.2) is 0 Å². The number of carbonyl (C=O) groups excluding carboxylic acids is 1. The summed E-state index contributed by atoms with van der Waals surface area (Å²) in [7, 11) is 0. The number of unbranched alkanes of at least 4 members (excludes halogenated alkanes) is 1. The van der Waals surface area contributed by atoms with Crippen molar-refractivity contribution in [3.63, 3.8) is 0 Å². The molecule has 0 aromatic carbocycles. The summed E-state index contributed by atoms with van der Waals surface area (Å²) >= 11 is 0. The van der Waals surface area contributed by atoms with E-state index in [1.54, 1.807) is 0 Å². The Kier molecular flexibility index (Phi) is 36.6. The average Bonchev–Trinajstić information content (AvgIpc) is 3.03. The fourth-order valence-electron chi connectivity index (χ4n) is 3.10. The number of hydrogen-bond donors (Lipinski definition) is 1. The van der Waals surface area contributed by atoms with Gasteiger partial charge in [0.1, 0.15) is 13.2 Å². The summed E-state index contributed by atoms with van der Waals surface area (Å²) in [6, 6.07) is 0. The van der Waals surface area contributed by atoms with Gasteiger partial charge in [-0.05, 0) is 12.8 Å². The number of hydrogen-bond acceptors (Lipinski definition) is 14. The van der Waals surface area contributed by atoms with Crippen LogP contribution in [0.15, 0.2) is 12.8 Å². The van der Waals surface area contributed by atoms with Gasteiger partial charge in [-0.3, -0.25) is 9.59 Å². The molecule has 0 amide bonds. The van der Waals surface area contributed by atoms with Gasteiger partial charge in [-0.15, -0.1) is 0 Å². The van der Waals surface area contributed by atoms with Crippen LogP contribution in [0.3, 0.4) is 0 Å². The van der Waals surface area contributed by atoms with E-state index in [1.165, 1.54) is 6.26 Å². The van der Waals surface area contributed by atoms with E-state index >= 15 is 0 Å². The first kappa shape index (κ1) is 43.1. The van der Waals surface area contributed by atoms with Gasteiger partial charge in [0.05, 0.1) is 138 Å². The largest absolute Gasteiger partial charge is 0.499 e. The van der Waals surface area contributed by atoms with Gasteiger partial charge in [-0.1, -0.05) is 6.58 Å². The van der Waals surface area contributed by atoms with Crippen LogP contribution in [0.4, 0.5) is 0 Å². The maximum atomic E-state index is 11.5. The van der Waals surface area contributed by atoms with Crippen LogP contribution < -0.4 is 0 Å². The third-order valence-corrected chi connectivity index (χ3v) is 5.32. The number of rotatable bonds is 39. The molecule has 0 aromatic heterocycles. The normalized spacial score (nSPS) is 11.1. The zero-order valence-corrected chi connectivity index (χ0v) is 26.8. The highest BCUT2D eigenvalue weighted by atomic mass is 16.6. The quantitative estimate of drug-likeness (QED) is 0.0574. The molecule has 0 unspecified atom stereocenters. The first-order valence-corrected chi connectivity index (χ1v) is 15.5. The van der Waals surface area contributed by atoms with Crippen molar-refractivity contribution in [1.82, 2.24) is 0 Å². The van der Waals surface area contributed by atoms with Crippen LogP contribution in [0.1, 0.15) is 25.7 Å². The van der Waals surface area contributed by atoms with E-state index in [9.17, 15) is 9.59 Å². The second kappa shape index (κ2) is 38.3. The van der Waals surface area contributed by atoms with Crippen molar-refractivity contribution in [1.29, 1.82) is 0 Å². The van der Waals surface area contributed by atoms with E-state index in [4.69, 9.17) is 61.9 Å². The fraction of sp³-hybridized carbons (Fsp3) is 0.867. The average molecular weight is 657 g/mol. The second-order valence-corrected chi connectivity index (χ2v) is 8.98. The minimum absolute atomic E-state index is 0.0597. The lowest BCUT2D eigenvalue weighted by atomic mass is 10.2. The molecule has 0 aromatic rings. The molecule has 0 fully saturated rings. The number of esters is 1. The molecule has 0 aliphatic carbocycles. The highest BCUT2D eigenvalue weighted by Crippen LogP contribution is 2.01. The van der Waals surface area contributed by atoms with Gasteiger partial charge in [0.25, 0.3) is 0 Å². The topological polar surface area (TPSA) is 165 Å². The van der Waals surface area contributed by atoms with Crippen LogP contribution in [0.5, 0.6) is 0 Å².